The van der Waals surface area contributed by atoms with Gasteiger partial charge in [0.2, 0.25) is 0 Å². The van der Waals surface area contributed by atoms with Crippen molar-refractivity contribution in [2.45, 2.75) is 13.0 Å². The van der Waals surface area contributed by atoms with Gasteiger partial charge in [0.15, 0.2) is 5.96 Å². The van der Waals surface area contributed by atoms with Crippen LogP contribution in [0.5, 0.6) is 5.75 Å². The van der Waals surface area contributed by atoms with Gasteiger partial charge in [-0.3, -0.25) is 0 Å². The number of nitrogens with one attached hydrogen (secondary N) is 1. The van der Waals surface area contributed by atoms with E-state index in [1.807, 2.05) is 19.1 Å². The molecule has 1 unspecified atom stereocenters. The van der Waals surface area contributed by atoms with Crippen LogP contribution in [-0.4, -0.2) is 38.9 Å². The molecular weight excluding hydrogens is 393 g/mol. The summed E-state index contributed by atoms with van der Waals surface area (Å²) in [5.41, 5.74) is 5.69. The summed E-state index contributed by atoms with van der Waals surface area (Å²) in [5, 5.41) is 3.59. The van der Waals surface area contributed by atoms with Gasteiger partial charge in [-0.1, -0.05) is 17.7 Å². The third-order valence-electron chi connectivity index (χ3n) is 2.26. The Labute approximate surface area is 141 Å². The van der Waals surface area contributed by atoms with Crippen molar-refractivity contribution in [3.63, 3.8) is 0 Å². The predicted octanol–water partition coefficient (Wildman–Crippen LogP) is 2.28. The molecule has 114 valence electrons. The fraction of sp³-hybridized carbons (Fsp3) is 0.462. The Morgan fingerprint density at radius 3 is 2.90 bits per heavy atom. The maximum absolute atomic E-state index is 5.88. The highest BCUT2D eigenvalue weighted by Crippen LogP contribution is 2.18. The fourth-order valence-electron chi connectivity index (χ4n) is 1.37. The Morgan fingerprint density at radius 2 is 2.25 bits per heavy atom. The van der Waals surface area contributed by atoms with Crippen LogP contribution in [0.15, 0.2) is 29.3 Å². The van der Waals surface area contributed by atoms with Crippen LogP contribution in [0.1, 0.15) is 6.92 Å². The van der Waals surface area contributed by atoms with Gasteiger partial charge in [0.05, 0.1) is 13.2 Å². The molecule has 0 heterocycles. The van der Waals surface area contributed by atoms with Crippen molar-refractivity contribution in [2.24, 2.45) is 10.7 Å². The monoisotopic (exact) mass is 413 g/mol. The topological polar surface area (TPSA) is 68.9 Å². The van der Waals surface area contributed by atoms with Gasteiger partial charge >= 0.3 is 0 Å². The van der Waals surface area contributed by atoms with Gasteiger partial charge < -0.3 is 20.5 Å². The van der Waals surface area contributed by atoms with Crippen LogP contribution < -0.4 is 15.8 Å². The smallest absolute Gasteiger partial charge is 0.188 e. The second-order valence-electron chi connectivity index (χ2n) is 4.03. The average Bonchev–Trinajstić information content (AvgIpc) is 2.37. The number of benzene rings is 1. The zero-order valence-corrected chi connectivity index (χ0v) is 14.7. The minimum absolute atomic E-state index is 0. The van der Waals surface area contributed by atoms with Crippen molar-refractivity contribution >= 4 is 41.5 Å². The van der Waals surface area contributed by atoms with Crippen molar-refractivity contribution in [3.05, 3.63) is 29.3 Å². The number of guanidine groups is 1. The summed E-state index contributed by atoms with van der Waals surface area (Å²) in [5.74, 6) is 1.11. The molecule has 3 N–H and O–H groups in total. The van der Waals surface area contributed by atoms with Gasteiger partial charge in [0.1, 0.15) is 11.9 Å². The molecule has 0 aliphatic rings. The summed E-state index contributed by atoms with van der Waals surface area (Å²) in [6.07, 6.45) is -0.0822. The summed E-state index contributed by atoms with van der Waals surface area (Å²) in [6, 6.07) is 7.26. The number of aliphatic imine (C=N–C) groups is 1. The fourth-order valence-corrected chi connectivity index (χ4v) is 1.55. The quantitative estimate of drug-likeness (QED) is 0.311. The van der Waals surface area contributed by atoms with Crippen LogP contribution in [0.2, 0.25) is 5.02 Å². The maximum Gasteiger partial charge on any atom is 0.188 e. The Bertz CT molecular complexity index is 418. The van der Waals surface area contributed by atoms with E-state index in [2.05, 4.69) is 10.3 Å². The Balaban J connectivity index is 0.00000361. The summed E-state index contributed by atoms with van der Waals surface area (Å²) < 4.78 is 10.6. The molecule has 0 saturated carbocycles. The molecule has 0 spiro atoms. The van der Waals surface area contributed by atoms with Crippen LogP contribution in [0, 0.1) is 0 Å². The molecule has 20 heavy (non-hydrogen) atoms. The van der Waals surface area contributed by atoms with E-state index in [1.54, 1.807) is 19.2 Å². The average molecular weight is 414 g/mol. The van der Waals surface area contributed by atoms with Crippen molar-refractivity contribution < 1.29 is 9.47 Å². The first kappa shape index (κ1) is 19.3. The molecule has 1 aromatic rings. The van der Waals surface area contributed by atoms with Crippen LogP contribution in [0.3, 0.4) is 0 Å². The second kappa shape index (κ2) is 11.0. The first-order chi connectivity index (χ1) is 9.11. The van der Waals surface area contributed by atoms with E-state index in [-0.39, 0.29) is 30.1 Å². The number of nitrogens with two attached hydrogens (primary N) is 1. The minimum Gasteiger partial charge on any atom is -0.489 e. The maximum atomic E-state index is 5.88. The molecule has 1 rings (SSSR count). The molecule has 7 heteroatoms. The zero-order valence-electron chi connectivity index (χ0n) is 11.6. The summed E-state index contributed by atoms with van der Waals surface area (Å²) in [6.45, 7) is 3.62. The van der Waals surface area contributed by atoms with E-state index in [1.165, 1.54) is 0 Å². The Kier molecular flexibility index (Phi) is 10.6. The Hall–Kier alpha value is -0.730. The molecule has 0 saturated heterocycles. The molecule has 0 aliphatic carbocycles. The molecule has 0 aromatic heterocycles. The standard InChI is InChI=1S/C13H20ClN3O2.HI/c1-10(9-17-13(15)16-6-7-18-2)19-12-5-3-4-11(14)8-12;/h3-5,8,10H,6-7,9H2,1-2H3,(H3,15,16,17);1H. The number of hydrogen-bond donors (Lipinski definition) is 2. The van der Waals surface area contributed by atoms with E-state index < -0.39 is 0 Å². The summed E-state index contributed by atoms with van der Waals surface area (Å²) >= 11 is 5.88. The van der Waals surface area contributed by atoms with Gasteiger partial charge in [0.25, 0.3) is 0 Å². The molecule has 0 amide bonds. The molecular formula is C13H21ClIN3O2. The lowest BCUT2D eigenvalue weighted by molar-refractivity contribution is 0.203. The van der Waals surface area contributed by atoms with Gasteiger partial charge in [-0.2, -0.15) is 0 Å². The van der Waals surface area contributed by atoms with E-state index in [0.29, 0.717) is 30.7 Å². The summed E-state index contributed by atoms with van der Waals surface area (Å²) in [4.78, 5) is 4.18. The number of ether oxygens (including phenoxy) is 2. The molecule has 0 radical (unpaired) electrons. The normalized spacial score (nSPS) is 12.4. The minimum atomic E-state index is -0.0822. The molecule has 1 aromatic carbocycles. The highest BCUT2D eigenvalue weighted by atomic mass is 127. The van der Waals surface area contributed by atoms with Crippen molar-refractivity contribution in [2.75, 3.05) is 26.8 Å². The third kappa shape index (κ3) is 8.44. The third-order valence-corrected chi connectivity index (χ3v) is 2.50. The Morgan fingerprint density at radius 1 is 1.50 bits per heavy atom. The van der Waals surface area contributed by atoms with Crippen LogP contribution in [0.4, 0.5) is 0 Å². The van der Waals surface area contributed by atoms with E-state index in [4.69, 9.17) is 26.8 Å². The largest absolute Gasteiger partial charge is 0.489 e. The first-order valence-corrected chi connectivity index (χ1v) is 6.44. The number of halogens is 2. The van der Waals surface area contributed by atoms with Gasteiger partial charge in [-0.15, -0.1) is 24.0 Å². The van der Waals surface area contributed by atoms with Crippen LogP contribution in [-0.2, 0) is 4.74 Å². The van der Waals surface area contributed by atoms with E-state index in [9.17, 15) is 0 Å². The number of rotatable bonds is 7. The predicted molar refractivity (Wildman–Crippen MR) is 93.3 cm³/mol. The molecule has 5 nitrogen and oxygen atoms in total. The number of nitrogens with zero attached hydrogens (tertiary/aromatic N) is 1. The second-order valence-corrected chi connectivity index (χ2v) is 4.47. The van der Waals surface area contributed by atoms with Crippen molar-refractivity contribution in [3.8, 4) is 5.75 Å². The zero-order chi connectivity index (χ0) is 14.1. The van der Waals surface area contributed by atoms with Gasteiger partial charge in [0, 0.05) is 18.7 Å². The first-order valence-electron chi connectivity index (χ1n) is 6.06. The van der Waals surface area contributed by atoms with Crippen molar-refractivity contribution in [1.29, 1.82) is 0 Å². The lowest BCUT2D eigenvalue weighted by Crippen LogP contribution is -2.35. The van der Waals surface area contributed by atoms with Gasteiger partial charge in [-0.05, 0) is 25.1 Å². The lowest BCUT2D eigenvalue weighted by Gasteiger charge is -2.13. The van der Waals surface area contributed by atoms with E-state index in [0.717, 1.165) is 5.75 Å². The number of hydrogen-bond acceptors (Lipinski definition) is 3. The van der Waals surface area contributed by atoms with E-state index >= 15 is 0 Å². The molecule has 0 bridgehead atoms. The molecule has 1 atom stereocenters. The lowest BCUT2D eigenvalue weighted by atomic mass is 10.3. The number of methoxy groups -OCH3 is 1. The van der Waals surface area contributed by atoms with Crippen LogP contribution >= 0.6 is 35.6 Å². The van der Waals surface area contributed by atoms with Gasteiger partial charge in [-0.25, -0.2) is 4.99 Å². The molecule has 0 fully saturated rings. The summed E-state index contributed by atoms with van der Waals surface area (Å²) in [7, 11) is 1.63. The SMILES string of the molecule is COCCNC(N)=NCC(C)Oc1cccc(Cl)c1.I. The highest BCUT2D eigenvalue weighted by Gasteiger charge is 2.04. The van der Waals surface area contributed by atoms with Crippen LogP contribution in [0.25, 0.3) is 0 Å². The molecule has 0 aliphatic heterocycles. The highest BCUT2D eigenvalue weighted by molar-refractivity contribution is 14.0. The van der Waals surface area contributed by atoms with Crippen molar-refractivity contribution in [1.82, 2.24) is 5.32 Å².